The van der Waals surface area contributed by atoms with Crippen LogP contribution in [0.5, 0.6) is 0 Å². The van der Waals surface area contributed by atoms with Gasteiger partial charge in [-0.15, -0.1) is 0 Å². The third kappa shape index (κ3) is 4.67. The highest BCUT2D eigenvalue weighted by Gasteiger charge is 2.13. The van der Waals surface area contributed by atoms with E-state index in [9.17, 15) is 4.79 Å². The number of ether oxygens (including phenoxy) is 1. The van der Waals surface area contributed by atoms with Gasteiger partial charge in [-0.05, 0) is 48.8 Å². The topological polar surface area (TPSA) is 52.3 Å². The standard InChI is InChI=1S/C16H25NO2/c1-11(2)13-9-8-12(3)14(10-13)6-5-7-15(17)16(18)19-4/h8-11,15H,5-7,17H2,1-4H3. The highest BCUT2D eigenvalue weighted by atomic mass is 16.5. The molecule has 0 saturated carbocycles. The Bertz CT molecular complexity index is 427. The second-order valence-corrected chi connectivity index (χ2v) is 5.36. The number of rotatable bonds is 6. The predicted molar refractivity (Wildman–Crippen MR) is 78.2 cm³/mol. The van der Waals surface area contributed by atoms with Gasteiger partial charge in [0.05, 0.1) is 7.11 Å². The Morgan fingerprint density at radius 2 is 2.05 bits per heavy atom. The molecular formula is C16H25NO2. The summed E-state index contributed by atoms with van der Waals surface area (Å²) >= 11 is 0. The first-order chi connectivity index (χ1) is 8.95. The first-order valence-corrected chi connectivity index (χ1v) is 6.88. The molecule has 0 aromatic heterocycles. The average Bonchev–Trinajstić information content (AvgIpc) is 2.39. The van der Waals surface area contributed by atoms with Crippen LogP contribution in [0.3, 0.4) is 0 Å². The third-order valence-electron chi connectivity index (χ3n) is 3.51. The van der Waals surface area contributed by atoms with Crippen LogP contribution >= 0.6 is 0 Å². The molecule has 0 amide bonds. The smallest absolute Gasteiger partial charge is 0.322 e. The van der Waals surface area contributed by atoms with Crippen LogP contribution < -0.4 is 5.73 Å². The summed E-state index contributed by atoms with van der Waals surface area (Å²) in [6.07, 6.45) is 2.52. The molecule has 0 aliphatic rings. The molecule has 0 heterocycles. The minimum absolute atomic E-state index is 0.326. The van der Waals surface area contributed by atoms with E-state index in [1.807, 2.05) is 0 Å². The van der Waals surface area contributed by atoms with Gasteiger partial charge in [0.25, 0.3) is 0 Å². The van der Waals surface area contributed by atoms with Crippen molar-refractivity contribution in [2.75, 3.05) is 7.11 Å². The Labute approximate surface area is 116 Å². The first kappa shape index (κ1) is 15.7. The lowest BCUT2D eigenvalue weighted by Gasteiger charge is -2.12. The second kappa shape index (κ2) is 7.29. The molecule has 0 spiro atoms. The van der Waals surface area contributed by atoms with E-state index < -0.39 is 6.04 Å². The number of benzene rings is 1. The molecule has 1 aromatic rings. The van der Waals surface area contributed by atoms with E-state index in [0.29, 0.717) is 12.3 Å². The van der Waals surface area contributed by atoms with E-state index >= 15 is 0 Å². The summed E-state index contributed by atoms with van der Waals surface area (Å²) in [7, 11) is 1.37. The van der Waals surface area contributed by atoms with Crippen LogP contribution in [0, 0.1) is 6.92 Å². The van der Waals surface area contributed by atoms with Crippen LogP contribution in [0.2, 0.25) is 0 Å². The van der Waals surface area contributed by atoms with Gasteiger partial charge in [-0.3, -0.25) is 4.79 Å². The molecule has 1 aromatic carbocycles. The minimum atomic E-state index is -0.501. The van der Waals surface area contributed by atoms with Crippen LogP contribution in [-0.2, 0) is 16.0 Å². The number of carbonyl (C=O) groups excluding carboxylic acids is 1. The van der Waals surface area contributed by atoms with Crippen LogP contribution in [-0.4, -0.2) is 19.1 Å². The van der Waals surface area contributed by atoms with E-state index in [2.05, 4.69) is 43.7 Å². The molecule has 0 bridgehead atoms. The van der Waals surface area contributed by atoms with E-state index in [1.165, 1.54) is 23.8 Å². The zero-order valence-electron chi connectivity index (χ0n) is 12.4. The lowest BCUT2D eigenvalue weighted by atomic mass is 9.94. The van der Waals surface area contributed by atoms with Crippen LogP contribution in [0.1, 0.15) is 49.3 Å². The molecule has 2 N–H and O–H groups in total. The molecule has 3 heteroatoms. The fourth-order valence-corrected chi connectivity index (χ4v) is 2.10. The Kier molecular flexibility index (Phi) is 6.03. The number of nitrogens with two attached hydrogens (primary N) is 1. The van der Waals surface area contributed by atoms with Crippen molar-refractivity contribution in [3.8, 4) is 0 Å². The highest BCUT2D eigenvalue weighted by Crippen LogP contribution is 2.20. The minimum Gasteiger partial charge on any atom is -0.468 e. The Morgan fingerprint density at radius 3 is 2.63 bits per heavy atom. The van der Waals surface area contributed by atoms with Gasteiger partial charge >= 0.3 is 5.97 Å². The van der Waals surface area contributed by atoms with Gasteiger partial charge in [0.15, 0.2) is 0 Å². The lowest BCUT2D eigenvalue weighted by molar-refractivity contribution is -0.142. The van der Waals surface area contributed by atoms with Gasteiger partial charge < -0.3 is 10.5 Å². The van der Waals surface area contributed by atoms with E-state index in [0.717, 1.165) is 12.8 Å². The van der Waals surface area contributed by atoms with Crippen molar-refractivity contribution in [2.45, 2.75) is 52.0 Å². The Morgan fingerprint density at radius 1 is 1.37 bits per heavy atom. The van der Waals surface area contributed by atoms with Crippen LogP contribution in [0.25, 0.3) is 0 Å². The monoisotopic (exact) mass is 263 g/mol. The quantitative estimate of drug-likeness (QED) is 0.803. The molecule has 19 heavy (non-hydrogen) atoms. The fraction of sp³-hybridized carbons (Fsp3) is 0.562. The summed E-state index contributed by atoms with van der Waals surface area (Å²) in [5.41, 5.74) is 9.74. The summed E-state index contributed by atoms with van der Waals surface area (Å²) < 4.78 is 4.63. The maximum absolute atomic E-state index is 11.2. The maximum Gasteiger partial charge on any atom is 0.322 e. The number of hydrogen-bond donors (Lipinski definition) is 1. The number of aryl methyl sites for hydroxylation is 2. The van der Waals surface area contributed by atoms with Crippen molar-refractivity contribution >= 4 is 5.97 Å². The zero-order valence-corrected chi connectivity index (χ0v) is 12.4. The molecule has 1 atom stereocenters. The molecule has 0 radical (unpaired) electrons. The zero-order chi connectivity index (χ0) is 14.4. The predicted octanol–water partition coefficient (Wildman–Crippen LogP) is 2.94. The van der Waals surface area contributed by atoms with Gasteiger partial charge in [-0.2, -0.15) is 0 Å². The van der Waals surface area contributed by atoms with Gasteiger partial charge in [0.1, 0.15) is 6.04 Å². The molecule has 0 aliphatic heterocycles. The summed E-state index contributed by atoms with van der Waals surface area (Å²) in [4.78, 5) is 11.2. The fourth-order valence-electron chi connectivity index (χ4n) is 2.10. The summed E-state index contributed by atoms with van der Waals surface area (Å²) in [6, 6.07) is 6.12. The molecule has 3 nitrogen and oxygen atoms in total. The number of carbonyl (C=O) groups is 1. The molecule has 0 aliphatic carbocycles. The van der Waals surface area contributed by atoms with Crippen LogP contribution in [0.4, 0.5) is 0 Å². The van der Waals surface area contributed by atoms with Gasteiger partial charge in [-0.25, -0.2) is 0 Å². The Balaban J connectivity index is 2.58. The van der Waals surface area contributed by atoms with Crippen molar-refractivity contribution in [3.63, 3.8) is 0 Å². The molecule has 106 valence electrons. The first-order valence-electron chi connectivity index (χ1n) is 6.88. The summed E-state index contributed by atoms with van der Waals surface area (Å²) in [5.74, 6) is 0.212. The molecule has 1 rings (SSSR count). The average molecular weight is 263 g/mol. The molecule has 0 fully saturated rings. The van der Waals surface area contributed by atoms with E-state index in [1.54, 1.807) is 0 Å². The SMILES string of the molecule is COC(=O)C(N)CCCc1cc(C(C)C)ccc1C. The number of hydrogen-bond acceptors (Lipinski definition) is 3. The number of esters is 1. The summed E-state index contributed by atoms with van der Waals surface area (Å²) in [6.45, 7) is 6.52. The Hall–Kier alpha value is -1.35. The van der Waals surface area contributed by atoms with Crippen molar-refractivity contribution in [3.05, 3.63) is 34.9 Å². The van der Waals surface area contributed by atoms with Gasteiger partial charge in [0.2, 0.25) is 0 Å². The lowest BCUT2D eigenvalue weighted by Crippen LogP contribution is -2.31. The molecular weight excluding hydrogens is 238 g/mol. The van der Waals surface area contributed by atoms with Crippen LogP contribution in [0.15, 0.2) is 18.2 Å². The second-order valence-electron chi connectivity index (χ2n) is 5.36. The van der Waals surface area contributed by atoms with Crippen molar-refractivity contribution in [1.29, 1.82) is 0 Å². The normalized spacial score (nSPS) is 12.5. The maximum atomic E-state index is 11.2. The largest absolute Gasteiger partial charge is 0.468 e. The van der Waals surface area contributed by atoms with E-state index in [-0.39, 0.29) is 5.97 Å². The molecule has 0 saturated heterocycles. The van der Waals surface area contributed by atoms with Crippen molar-refractivity contribution in [2.24, 2.45) is 5.73 Å². The van der Waals surface area contributed by atoms with Crippen molar-refractivity contribution in [1.82, 2.24) is 0 Å². The summed E-state index contributed by atoms with van der Waals surface area (Å²) in [5, 5.41) is 0. The third-order valence-corrected chi connectivity index (χ3v) is 3.51. The highest BCUT2D eigenvalue weighted by molar-refractivity contribution is 5.75. The van der Waals surface area contributed by atoms with Gasteiger partial charge in [0, 0.05) is 0 Å². The van der Waals surface area contributed by atoms with Gasteiger partial charge in [-0.1, -0.05) is 32.0 Å². The van der Waals surface area contributed by atoms with Crippen molar-refractivity contribution < 1.29 is 9.53 Å². The molecule has 1 unspecified atom stereocenters. The number of methoxy groups -OCH3 is 1. The van der Waals surface area contributed by atoms with E-state index in [4.69, 9.17) is 5.73 Å².